The van der Waals surface area contributed by atoms with E-state index in [1.54, 1.807) is 13.0 Å². The highest BCUT2D eigenvalue weighted by atomic mass is 32.2. The van der Waals surface area contributed by atoms with E-state index in [4.69, 9.17) is 4.74 Å². The number of sulfone groups is 1. The lowest BCUT2D eigenvalue weighted by atomic mass is 10.0. The number of nitrogens with one attached hydrogen (secondary N) is 1. The first-order valence-corrected chi connectivity index (χ1v) is 7.22. The summed E-state index contributed by atoms with van der Waals surface area (Å²) >= 11 is 0. The van der Waals surface area contributed by atoms with Crippen LogP contribution in [0.25, 0.3) is 0 Å². The van der Waals surface area contributed by atoms with Crippen LogP contribution in [0.5, 0.6) is 5.75 Å². The quantitative estimate of drug-likeness (QED) is 0.889. The van der Waals surface area contributed by atoms with Crippen LogP contribution in [0, 0.1) is 0 Å². The summed E-state index contributed by atoms with van der Waals surface area (Å²) in [5.41, 5.74) is 0.818. The zero-order valence-corrected chi connectivity index (χ0v) is 11.0. The van der Waals surface area contributed by atoms with Gasteiger partial charge in [-0.2, -0.15) is 0 Å². The summed E-state index contributed by atoms with van der Waals surface area (Å²) in [6, 6.07) is 5.23. The van der Waals surface area contributed by atoms with Crippen LogP contribution in [0.4, 0.5) is 0 Å². The molecule has 0 fully saturated rings. The number of hydrogen-bond acceptors (Lipinski definition) is 4. The molecule has 0 saturated carbocycles. The van der Waals surface area contributed by atoms with Crippen LogP contribution >= 0.6 is 0 Å². The van der Waals surface area contributed by atoms with Crippen LogP contribution in [0.3, 0.4) is 0 Å². The maximum Gasteiger partial charge on any atom is 0.186 e. The molecule has 0 amide bonds. The van der Waals surface area contributed by atoms with Gasteiger partial charge in [0, 0.05) is 0 Å². The fourth-order valence-electron chi connectivity index (χ4n) is 2.36. The number of ether oxygens (including phenoxy) is 1. The molecule has 0 radical (unpaired) electrons. The summed E-state index contributed by atoms with van der Waals surface area (Å²) in [6.07, 6.45) is 0. The van der Waals surface area contributed by atoms with Crippen molar-refractivity contribution < 1.29 is 13.2 Å². The van der Waals surface area contributed by atoms with Crippen molar-refractivity contribution in [2.24, 2.45) is 0 Å². The van der Waals surface area contributed by atoms with Gasteiger partial charge in [-0.25, -0.2) is 8.42 Å². The van der Waals surface area contributed by atoms with Crippen molar-refractivity contribution in [1.29, 1.82) is 0 Å². The van der Waals surface area contributed by atoms with Gasteiger partial charge in [-0.3, -0.25) is 0 Å². The van der Waals surface area contributed by atoms with Crippen molar-refractivity contribution in [2.45, 2.75) is 30.0 Å². The van der Waals surface area contributed by atoms with Gasteiger partial charge in [0.2, 0.25) is 0 Å². The number of hydrogen-bond donors (Lipinski definition) is 1. The highest BCUT2D eigenvalue weighted by Crippen LogP contribution is 2.43. The molecule has 1 aliphatic heterocycles. The molecule has 0 spiro atoms. The van der Waals surface area contributed by atoms with Crippen LogP contribution in [-0.4, -0.2) is 27.3 Å². The molecule has 0 aromatic heterocycles. The largest absolute Gasteiger partial charge is 0.495 e. The first kappa shape index (κ1) is 12.4. The van der Waals surface area contributed by atoms with E-state index in [-0.39, 0.29) is 6.04 Å². The van der Waals surface area contributed by atoms with Gasteiger partial charge in [-0.1, -0.05) is 19.1 Å². The number of methoxy groups -OCH3 is 1. The average Bonchev–Trinajstić information content (AvgIpc) is 2.51. The summed E-state index contributed by atoms with van der Waals surface area (Å²) < 4.78 is 29.8. The van der Waals surface area contributed by atoms with E-state index >= 15 is 0 Å². The molecule has 1 aromatic rings. The Hall–Kier alpha value is -1.07. The Morgan fingerprint density at radius 3 is 2.71 bits per heavy atom. The van der Waals surface area contributed by atoms with Gasteiger partial charge in [0.25, 0.3) is 0 Å². The third kappa shape index (κ3) is 1.73. The maximum atomic E-state index is 12.3. The number of fused-ring (bicyclic) bond motifs is 1. The topological polar surface area (TPSA) is 55.4 Å². The summed E-state index contributed by atoms with van der Waals surface area (Å²) in [4.78, 5) is 0.348. The van der Waals surface area contributed by atoms with Crippen molar-refractivity contribution in [3.8, 4) is 5.75 Å². The minimum Gasteiger partial charge on any atom is -0.495 e. The molecule has 17 heavy (non-hydrogen) atoms. The molecule has 4 nitrogen and oxygen atoms in total. The lowest BCUT2D eigenvalue weighted by Gasteiger charge is -2.15. The van der Waals surface area contributed by atoms with E-state index in [0.717, 1.165) is 12.1 Å². The Labute approximate surface area is 102 Å². The van der Waals surface area contributed by atoms with E-state index in [0.29, 0.717) is 10.6 Å². The van der Waals surface area contributed by atoms with Gasteiger partial charge in [0.1, 0.15) is 10.6 Å². The molecule has 0 aliphatic carbocycles. The van der Waals surface area contributed by atoms with Crippen LogP contribution in [0.2, 0.25) is 0 Å². The Morgan fingerprint density at radius 2 is 2.12 bits per heavy atom. The zero-order valence-electron chi connectivity index (χ0n) is 10.2. The first-order chi connectivity index (χ1) is 8.04. The monoisotopic (exact) mass is 255 g/mol. The van der Waals surface area contributed by atoms with Crippen LogP contribution < -0.4 is 10.1 Å². The lowest BCUT2D eigenvalue weighted by Crippen LogP contribution is -2.29. The Balaban J connectivity index is 2.65. The molecule has 5 heteroatoms. The highest BCUT2D eigenvalue weighted by Gasteiger charge is 2.43. The van der Waals surface area contributed by atoms with E-state index in [9.17, 15) is 8.42 Å². The Bertz CT molecular complexity index is 525. The SMILES string of the molecule is CCNC1c2cccc(OC)c2S(=O)(=O)C1C. The van der Waals surface area contributed by atoms with Gasteiger partial charge in [-0.15, -0.1) is 0 Å². The summed E-state index contributed by atoms with van der Waals surface area (Å²) in [5.74, 6) is 0.440. The molecule has 1 aromatic carbocycles. The van der Waals surface area contributed by atoms with Crippen LogP contribution in [-0.2, 0) is 9.84 Å². The molecule has 2 rings (SSSR count). The minimum atomic E-state index is -3.29. The summed E-state index contributed by atoms with van der Waals surface area (Å²) in [7, 11) is -1.79. The van der Waals surface area contributed by atoms with Gasteiger partial charge in [-0.05, 0) is 25.1 Å². The second kappa shape index (κ2) is 4.31. The van der Waals surface area contributed by atoms with Crippen molar-refractivity contribution in [2.75, 3.05) is 13.7 Å². The van der Waals surface area contributed by atoms with Gasteiger partial charge in [0.15, 0.2) is 9.84 Å². The second-order valence-electron chi connectivity index (χ2n) is 4.16. The fraction of sp³-hybridized carbons (Fsp3) is 0.500. The van der Waals surface area contributed by atoms with Crippen molar-refractivity contribution >= 4 is 9.84 Å². The second-order valence-corrected chi connectivity index (χ2v) is 6.41. The van der Waals surface area contributed by atoms with E-state index < -0.39 is 15.1 Å². The third-order valence-corrected chi connectivity index (χ3v) is 5.49. The fourth-order valence-corrected chi connectivity index (χ4v) is 4.28. The molecule has 2 atom stereocenters. The predicted molar refractivity (Wildman–Crippen MR) is 66.1 cm³/mol. The van der Waals surface area contributed by atoms with Crippen molar-refractivity contribution in [3.63, 3.8) is 0 Å². The zero-order chi connectivity index (χ0) is 12.6. The Morgan fingerprint density at radius 1 is 1.41 bits per heavy atom. The number of rotatable bonds is 3. The molecular weight excluding hydrogens is 238 g/mol. The number of benzene rings is 1. The summed E-state index contributed by atoms with van der Waals surface area (Å²) in [6.45, 7) is 4.45. The van der Waals surface area contributed by atoms with Crippen molar-refractivity contribution in [1.82, 2.24) is 5.32 Å². The molecule has 94 valence electrons. The molecule has 1 N–H and O–H groups in total. The molecule has 0 saturated heterocycles. The molecule has 2 unspecified atom stereocenters. The Kier molecular flexibility index (Phi) is 3.14. The normalized spacial score (nSPS) is 25.6. The van der Waals surface area contributed by atoms with Gasteiger partial charge in [0.05, 0.1) is 18.4 Å². The van der Waals surface area contributed by atoms with Crippen molar-refractivity contribution in [3.05, 3.63) is 23.8 Å². The standard InChI is InChI=1S/C12H17NO3S/c1-4-13-11-8(2)17(14,15)12-9(11)6-5-7-10(12)16-3/h5-8,11,13H,4H2,1-3H3. The minimum absolute atomic E-state index is 0.143. The highest BCUT2D eigenvalue weighted by molar-refractivity contribution is 7.92. The van der Waals surface area contributed by atoms with Crippen LogP contribution in [0.1, 0.15) is 25.5 Å². The van der Waals surface area contributed by atoms with Crippen LogP contribution in [0.15, 0.2) is 23.1 Å². The van der Waals surface area contributed by atoms with E-state index in [2.05, 4.69) is 5.32 Å². The molecule has 1 aliphatic rings. The van der Waals surface area contributed by atoms with Gasteiger partial charge < -0.3 is 10.1 Å². The summed E-state index contributed by atoms with van der Waals surface area (Å²) in [5, 5.41) is 2.77. The van der Waals surface area contributed by atoms with E-state index in [1.807, 2.05) is 19.1 Å². The molecule has 0 bridgehead atoms. The third-order valence-electron chi connectivity index (χ3n) is 3.23. The molecular formula is C12H17NO3S. The first-order valence-electron chi connectivity index (χ1n) is 5.68. The van der Waals surface area contributed by atoms with E-state index in [1.165, 1.54) is 7.11 Å². The maximum absolute atomic E-state index is 12.3. The average molecular weight is 255 g/mol. The smallest absolute Gasteiger partial charge is 0.186 e. The lowest BCUT2D eigenvalue weighted by molar-refractivity contribution is 0.402. The predicted octanol–water partition coefficient (Wildman–Crippen LogP) is 1.52. The van der Waals surface area contributed by atoms with Gasteiger partial charge >= 0.3 is 0 Å². The molecule has 1 heterocycles.